The monoisotopic (exact) mass is 474 g/mol. The Kier molecular flexibility index (Phi) is 8.44. The van der Waals surface area contributed by atoms with Crippen molar-refractivity contribution in [2.24, 2.45) is 0 Å². The predicted molar refractivity (Wildman–Crippen MR) is 109 cm³/mol. The molecule has 2 saturated heterocycles. The van der Waals surface area contributed by atoms with Gasteiger partial charge in [0.2, 0.25) is 12.2 Å². The lowest BCUT2D eigenvalue weighted by Gasteiger charge is -2.44. The summed E-state index contributed by atoms with van der Waals surface area (Å²) in [5.74, 6) is -0.168. The molecule has 10 atom stereocenters. The van der Waals surface area contributed by atoms with E-state index in [1.165, 1.54) is 6.92 Å². The standard InChI is InChI=1S/C20H30N2O11/c1-8(24)22-13-16(27)15(26)12(33-19(13)31-10-4-2-9(21)3-5-10)7-30-20-18(29)17(28)14(25)11(6-23)32-20/h2-5,11-20,23,25-29H,6-7,21H2,1H3,(H,22,24)/t11-,12-,13-,14+,15+,16-,17+,18-,19-,20-/m1/s1. The van der Waals surface area contributed by atoms with Gasteiger partial charge in [-0.3, -0.25) is 4.79 Å². The number of hydrogen-bond donors (Lipinski definition) is 8. The van der Waals surface area contributed by atoms with E-state index in [1.807, 2.05) is 0 Å². The van der Waals surface area contributed by atoms with Crippen molar-refractivity contribution in [1.82, 2.24) is 5.32 Å². The molecule has 0 spiro atoms. The van der Waals surface area contributed by atoms with Crippen LogP contribution in [0.25, 0.3) is 0 Å². The van der Waals surface area contributed by atoms with Gasteiger partial charge in [-0.05, 0) is 24.3 Å². The zero-order valence-electron chi connectivity index (χ0n) is 17.8. The second-order valence-corrected chi connectivity index (χ2v) is 7.97. The SMILES string of the molecule is CC(=O)N[C@H]1[C@H](Oc2ccc(N)cc2)O[C@H](CO[C@@H]2O[C@H](CO)[C@H](O)[C@H](O)[C@H]2O)[C@H](O)[C@@H]1O. The van der Waals surface area contributed by atoms with Crippen molar-refractivity contribution in [2.75, 3.05) is 18.9 Å². The number of aliphatic hydroxyl groups excluding tert-OH is 6. The van der Waals surface area contributed by atoms with E-state index in [1.54, 1.807) is 24.3 Å². The number of nitrogens with one attached hydrogen (secondary N) is 1. The van der Waals surface area contributed by atoms with Crippen LogP contribution < -0.4 is 15.8 Å². The molecule has 1 aromatic rings. The van der Waals surface area contributed by atoms with Gasteiger partial charge in [0.05, 0.1) is 13.2 Å². The van der Waals surface area contributed by atoms with Crippen molar-refractivity contribution in [1.29, 1.82) is 0 Å². The molecule has 3 rings (SSSR count). The van der Waals surface area contributed by atoms with E-state index in [9.17, 15) is 35.4 Å². The van der Waals surface area contributed by atoms with Crippen LogP contribution in [-0.2, 0) is 19.0 Å². The lowest BCUT2D eigenvalue weighted by molar-refractivity contribution is -0.316. The largest absolute Gasteiger partial charge is 0.463 e. The Labute approximate surface area is 189 Å². The summed E-state index contributed by atoms with van der Waals surface area (Å²) in [5.41, 5.74) is 6.15. The van der Waals surface area contributed by atoms with Gasteiger partial charge < -0.3 is 60.6 Å². The Hall–Kier alpha value is -2.07. The topological polar surface area (TPSA) is 213 Å². The van der Waals surface area contributed by atoms with Gasteiger partial charge in [0.25, 0.3) is 0 Å². The van der Waals surface area contributed by atoms with Gasteiger partial charge in [0.15, 0.2) is 6.29 Å². The minimum absolute atomic E-state index is 0.321. The lowest BCUT2D eigenvalue weighted by Crippen LogP contribution is -2.66. The highest BCUT2D eigenvalue weighted by Gasteiger charge is 2.48. The Balaban J connectivity index is 1.71. The van der Waals surface area contributed by atoms with E-state index in [-0.39, 0.29) is 0 Å². The van der Waals surface area contributed by atoms with Crippen LogP contribution >= 0.6 is 0 Å². The Bertz CT molecular complexity index is 780. The summed E-state index contributed by atoms with van der Waals surface area (Å²) in [4.78, 5) is 11.6. The predicted octanol–water partition coefficient (Wildman–Crippen LogP) is -3.58. The Morgan fingerprint density at radius 2 is 1.55 bits per heavy atom. The second kappa shape index (κ2) is 10.9. The third kappa shape index (κ3) is 5.90. The number of amides is 1. The highest BCUT2D eigenvalue weighted by molar-refractivity contribution is 5.73. The van der Waals surface area contributed by atoms with Crippen molar-refractivity contribution in [3.8, 4) is 5.75 Å². The van der Waals surface area contributed by atoms with Crippen LogP contribution in [0.5, 0.6) is 5.75 Å². The molecule has 33 heavy (non-hydrogen) atoms. The molecule has 0 aliphatic carbocycles. The number of nitrogen functional groups attached to an aromatic ring is 1. The molecule has 1 aromatic carbocycles. The third-order valence-corrected chi connectivity index (χ3v) is 5.48. The van der Waals surface area contributed by atoms with Crippen LogP contribution in [0.2, 0.25) is 0 Å². The fraction of sp³-hybridized carbons (Fsp3) is 0.650. The molecule has 2 aliphatic heterocycles. The van der Waals surface area contributed by atoms with Crippen molar-refractivity contribution < 1.29 is 54.4 Å². The summed E-state index contributed by atoms with van der Waals surface area (Å²) in [6, 6.07) is 5.15. The number of nitrogens with two attached hydrogens (primary N) is 1. The summed E-state index contributed by atoms with van der Waals surface area (Å²) >= 11 is 0. The number of carbonyl (C=O) groups excluding carboxylic acids is 1. The molecule has 13 nitrogen and oxygen atoms in total. The first-order chi connectivity index (χ1) is 15.6. The molecular formula is C20H30N2O11. The minimum atomic E-state index is -1.65. The minimum Gasteiger partial charge on any atom is -0.463 e. The molecule has 9 N–H and O–H groups in total. The van der Waals surface area contributed by atoms with Gasteiger partial charge in [-0.25, -0.2) is 0 Å². The van der Waals surface area contributed by atoms with E-state index in [0.29, 0.717) is 11.4 Å². The zero-order chi connectivity index (χ0) is 24.3. The Morgan fingerprint density at radius 1 is 0.939 bits per heavy atom. The van der Waals surface area contributed by atoms with Crippen LogP contribution in [0.1, 0.15) is 6.92 Å². The van der Waals surface area contributed by atoms with E-state index >= 15 is 0 Å². The van der Waals surface area contributed by atoms with Gasteiger partial charge in [-0.1, -0.05) is 0 Å². The number of aliphatic hydroxyl groups is 6. The average molecular weight is 474 g/mol. The zero-order valence-corrected chi connectivity index (χ0v) is 17.8. The molecule has 2 fully saturated rings. The van der Waals surface area contributed by atoms with E-state index in [0.717, 1.165) is 0 Å². The van der Waals surface area contributed by atoms with E-state index in [2.05, 4.69) is 5.32 Å². The van der Waals surface area contributed by atoms with Crippen LogP contribution in [-0.4, -0.2) is 111 Å². The van der Waals surface area contributed by atoms with E-state index in [4.69, 9.17) is 24.7 Å². The molecule has 186 valence electrons. The maximum atomic E-state index is 11.6. The molecule has 0 saturated carbocycles. The van der Waals surface area contributed by atoms with Crippen molar-refractivity contribution in [3.63, 3.8) is 0 Å². The van der Waals surface area contributed by atoms with Crippen molar-refractivity contribution >= 4 is 11.6 Å². The van der Waals surface area contributed by atoms with Crippen molar-refractivity contribution in [2.45, 2.75) is 68.3 Å². The molecule has 0 aromatic heterocycles. The number of rotatable bonds is 7. The molecule has 2 heterocycles. The summed E-state index contributed by atoms with van der Waals surface area (Å²) in [7, 11) is 0. The number of ether oxygens (including phenoxy) is 4. The van der Waals surface area contributed by atoms with Crippen LogP contribution in [0.3, 0.4) is 0 Å². The fourth-order valence-corrected chi connectivity index (χ4v) is 3.63. The highest BCUT2D eigenvalue weighted by atomic mass is 16.7. The quantitative estimate of drug-likeness (QED) is 0.180. The van der Waals surface area contributed by atoms with Gasteiger partial charge in [0, 0.05) is 12.6 Å². The average Bonchev–Trinajstić information content (AvgIpc) is 2.78. The highest BCUT2D eigenvalue weighted by Crippen LogP contribution is 2.27. The second-order valence-electron chi connectivity index (χ2n) is 7.97. The van der Waals surface area contributed by atoms with Gasteiger partial charge in [-0.2, -0.15) is 0 Å². The summed E-state index contributed by atoms with van der Waals surface area (Å²) in [5, 5.41) is 62.7. The third-order valence-electron chi connectivity index (χ3n) is 5.48. The summed E-state index contributed by atoms with van der Waals surface area (Å²) in [6.45, 7) is 0.158. The van der Waals surface area contributed by atoms with Gasteiger partial charge in [-0.15, -0.1) is 0 Å². The Morgan fingerprint density at radius 3 is 2.15 bits per heavy atom. The van der Waals surface area contributed by atoms with Crippen molar-refractivity contribution in [3.05, 3.63) is 24.3 Å². The first-order valence-corrected chi connectivity index (χ1v) is 10.4. The molecule has 0 unspecified atom stereocenters. The van der Waals surface area contributed by atoms with Gasteiger partial charge >= 0.3 is 0 Å². The van der Waals surface area contributed by atoms with Gasteiger partial charge in [0.1, 0.15) is 54.5 Å². The van der Waals surface area contributed by atoms with E-state index < -0.39 is 80.5 Å². The lowest BCUT2D eigenvalue weighted by atomic mass is 9.96. The first-order valence-electron chi connectivity index (χ1n) is 10.4. The number of benzene rings is 1. The molecule has 1 amide bonds. The van der Waals surface area contributed by atoms with Crippen LogP contribution in [0, 0.1) is 0 Å². The fourth-order valence-electron chi connectivity index (χ4n) is 3.63. The number of carbonyl (C=O) groups is 1. The molecule has 13 heteroatoms. The molecule has 2 aliphatic rings. The van der Waals surface area contributed by atoms with Crippen LogP contribution in [0.15, 0.2) is 24.3 Å². The number of anilines is 1. The maximum Gasteiger partial charge on any atom is 0.223 e. The summed E-state index contributed by atoms with van der Waals surface area (Å²) in [6.07, 6.45) is -13.0. The molecular weight excluding hydrogens is 444 g/mol. The summed E-state index contributed by atoms with van der Waals surface area (Å²) < 4.78 is 22.2. The first kappa shape index (κ1) is 25.6. The maximum absolute atomic E-state index is 11.6. The number of hydrogen-bond acceptors (Lipinski definition) is 12. The normalized spacial score (nSPS) is 39.1. The van der Waals surface area contributed by atoms with Crippen LogP contribution in [0.4, 0.5) is 5.69 Å². The molecule has 0 bridgehead atoms. The molecule has 0 radical (unpaired) electrons. The smallest absolute Gasteiger partial charge is 0.223 e.